The van der Waals surface area contributed by atoms with Crippen molar-refractivity contribution in [1.82, 2.24) is 5.32 Å². The van der Waals surface area contributed by atoms with Crippen molar-refractivity contribution in [3.8, 4) is 17.2 Å². The van der Waals surface area contributed by atoms with Gasteiger partial charge in [0.1, 0.15) is 0 Å². The van der Waals surface area contributed by atoms with Crippen LogP contribution in [0.1, 0.15) is 38.7 Å². The maximum atomic E-state index is 12.4. The first-order chi connectivity index (χ1) is 13.0. The van der Waals surface area contributed by atoms with E-state index in [1.165, 1.54) is 0 Å². The predicted molar refractivity (Wildman–Crippen MR) is 105 cm³/mol. The summed E-state index contributed by atoms with van der Waals surface area (Å²) >= 11 is 0. The number of amides is 1. The Hall–Kier alpha value is -1.95. The maximum Gasteiger partial charge on any atom is 0.220 e. The molecular weight excluding hydrogens is 346 g/mol. The highest BCUT2D eigenvalue weighted by Crippen LogP contribution is 2.40. The monoisotopic (exact) mass is 379 g/mol. The number of ether oxygens (including phenoxy) is 4. The Labute approximate surface area is 162 Å². The Morgan fingerprint density at radius 2 is 1.93 bits per heavy atom. The summed E-state index contributed by atoms with van der Waals surface area (Å²) in [4.78, 5) is 12.4. The van der Waals surface area contributed by atoms with Gasteiger partial charge >= 0.3 is 0 Å². The molecule has 0 radical (unpaired) electrons. The molecular formula is C21H33NO5. The molecule has 1 N–H and O–H groups in total. The van der Waals surface area contributed by atoms with Crippen molar-refractivity contribution in [3.05, 3.63) is 17.7 Å². The number of rotatable bonds is 9. The van der Waals surface area contributed by atoms with E-state index >= 15 is 0 Å². The van der Waals surface area contributed by atoms with E-state index in [1.807, 2.05) is 12.1 Å². The number of aryl methyl sites for hydroxylation is 1. The first kappa shape index (κ1) is 21.4. The first-order valence-electron chi connectivity index (χ1n) is 9.67. The average Bonchev–Trinajstić information content (AvgIpc) is 2.69. The largest absolute Gasteiger partial charge is 0.493 e. The van der Waals surface area contributed by atoms with Crippen LogP contribution in [0.4, 0.5) is 0 Å². The van der Waals surface area contributed by atoms with E-state index in [4.69, 9.17) is 18.9 Å². The summed E-state index contributed by atoms with van der Waals surface area (Å²) in [6.07, 6.45) is 3.36. The van der Waals surface area contributed by atoms with Gasteiger partial charge in [0.15, 0.2) is 11.5 Å². The van der Waals surface area contributed by atoms with Gasteiger partial charge in [-0.2, -0.15) is 0 Å². The lowest BCUT2D eigenvalue weighted by atomic mass is 9.87. The van der Waals surface area contributed by atoms with E-state index in [9.17, 15) is 4.79 Å². The van der Waals surface area contributed by atoms with Crippen molar-refractivity contribution in [1.29, 1.82) is 0 Å². The zero-order chi connectivity index (χ0) is 19.8. The topological polar surface area (TPSA) is 66.0 Å². The van der Waals surface area contributed by atoms with Gasteiger partial charge in [-0.3, -0.25) is 4.79 Å². The molecule has 152 valence electrons. The summed E-state index contributed by atoms with van der Waals surface area (Å²) in [5.74, 6) is 2.67. The fourth-order valence-corrected chi connectivity index (χ4v) is 3.76. The normalized spacial score (nSPS) is 19.6. The standard InChI is InChI=1S/C21H33NO5/c1-14(2)19-16(7-6-12-27-19)13-22-18(23)11-9-15-8-10-17(24-3)21(26-5)20(15)25-4/h8,10,14,16,19H,6-7,9,11-13H2,1-5H3,(H,22,23)/t16-,19-/m0/s1. The van der Waals surface area contributed by atoms with Gasteiger partial charge < -0.3 is 24.3 Å². The van der Waals surface area contributed by atoms with E-state index in [2.05, 4.69) is 19.2 Å². The lowest BCUT2D eigenvalue weighted by Crippen LogP contribution is -2.41. The highest BCUT2D eigenvalue weighted by Gasteiger charge is 2.28. The van der Waals surface area contributed by atoms with Gasteiger partial charge in [-0.25, -0.2) is 0 Å². The Morgan fingerprint density at radius 3 is 2.56 bits per heavy atom. The number of methoxy groups -OCH3 is 3. The number of carbonyl (C=O) groups is 1. The van der Waals surface area contributed by atoms with Crippen LogP contribution in [0.2, 0.25) is 0 Å². The fourth-order valence-electron chi connectivity index (χ4n) is 3.76. The molecule has 1 aromatic rings. The molecule has 0 aromatic heterocycles. The third kappa shape index (κ3) is 5.51. The van der Waals surface area contributed by atoms with Gasteiger partial charge in [-0.1, -0.05) is 19.9 Å². The molecule has 1 heterocycles. The van der Waals surface area contributed by atoms with Crippen molar-refractivity contribution in [2.24, 2.45) is 11.8 Å². The molecule has 0 aliphatic carbocycles. The van der Waals surface area contributed by atoms with Crippen LogP contribution < -0.4 is 19.5 Å². The van der Waals surface area contributed by atoms with E-state index < -0.39 is 0 Å². The highest BCUT2D eigenvalue weighted by molar-refractivity contribution is 5.76. The van der Waals surface area contributed by atoms with Crippen LogP contribution in [0, 0.1) is 11.8 Å². The number of hydrogen-bond acceptors (Lipinski definition) is 5. The smallest absolute Gasteiger partial charge is 0.220 e. The molecule has 1 amide bonds. The molecule has 6 heteroatoms. The third-order valence-electron chi connectivity index (χ3n) is 5.12. The quantitative estimate of drug-likeness (QED) is 0.714. The minimum absolute atomic E-state index is 0.0416. The highest BCUT2D eigenvalue weighted by atomic mass is 16.5. The summed E-state index contributed by atoms with van der Waals surface area (Å²) < 4.78 is 22.1. The summed E-state index contributed by atoms with van der Waals surface area (Å²) in [5.41, 5.74) is 0.923. The number of benzene rings is 1. The van der Waals surface area contributed by atoms with Gasteiger partial charge in [0.25, 0.3) is 0 Å². The van der Waals surface area contributed by atoms with Crippen LogP contribution in [0.15, 0.2) is 12.1 Å². The van der Waals surface area contributed by atoms with E-state index in [1.54, 1.807) is 21.3 Å². The van der Waals surface area contributed by atoms with Gasteiger partial charge in [0.2, 0.25) is 11.7 Å². The van der Waals surface area contributed by atoms with Crippen LogP contribution in [-0.4, -0.2) is 46.5 Å². The van der Waals surface area contributed by atoms with Crippen LogP contribution in [0.25, 0.3) is 0 Å². The maximum absolute atomic E-state index is 12.4. The van der Waals surface area contributed by atoms with Gasteiger partial charge in [-0.05, 0) is 36.8 Å². The number of nitrogens with one attached hydrogen (secondary N) is 1. The Balaban J connectivity index is 1.92. The molecule has 0 spiro atoms. The Bertz CT molecular complexity index is 617. The summed E-state index contributed by atoms with van der Waals surface area (Å²) in [6.45, 7) is 5.85. The zero-order valence-electron chi connectivity index (χ0n) is 17.2. The van der Waals surface area contributed by atoms with Crippen LogP contribution >= 0.6 is 0 Å². The lowest BCUT2D eigenvalue weighted by Gasteiger charge is -2.34. The molecule has 2 atom stereocenters. The SMILES string of the molecule is COc1ccc(CCC(=O)NC[C@@H]2CCCO[C@H]2C(C)C)c(OC)c1OC. The molecule has 2 rings (SSSR count). The molecule has 6 nitrogen and oxygen atoms in total. The van der Waals surface area contributed by atoms with Gasteiger partial charge in [0, 0.05) is 25.5 Å². The van der Waals surface area contributed by atoms with Crippen molar-refractivity contribution >= 4 is 5.91 Å². The summed E-state index contributed by atoms with van der Waals surface area (Å²) in [7, 11) is 4.76. The summed E-state index contributed by atoms with van der Waals surface area (Å²) in [5, 5.41) is 3.08. The second-order valence-electron chi connectivity index (χ2n) is 7.28. The van der Waals surface area contributed by atoms with Gasteiger partial charge in [-0.15, -0.1) is 0 Å². The second kappa shape index (κ2) is 10.4. The molecule has 1 aliphatic heterocycles. The minimum atomic E-state index is 0.0416. The Morgan fingerprint density at radius 1 is 1.19 bits per heavy atom. The number of carbonyl (C=O) groups excluding carboxylic acids is 1. The van der Waals surface area contributed by atoms with Crippen molar-refractivity contribution in [3.63, 3.8) is 0 Å². The Kier molecular flexibility index (Phi) is 8.23. The minimum Gasteiger partial charge on any atom is -0.493 e. The summed E-state index contributed by atoms with van der Waals surface area (Å²) in [6, 6.07) is 3.75. The van der Waals surface area contributed by atoms with Crippen molar-refractivity contribution in [2.45, 2.75) is 45.6 Å². The lowest BCUT2D eigenvalue weighted by molar-refractivity contribution is -0.122. The average molecular weight is 379 g/mol. The first-order valence-corrected chi connectivity index (χ1v) is 9.67. The third-order valence-corrected chi connectivity index (χ3v) is 5.12. The molecule has 0 bridgehead atoms. The van der Waals surface area contributed by atoms with Crippen LogP contribution in [0.5, 0.6) is 17.2 Å². The number of hydrogen-bond donors (Lipinski definition) is 1. The predicted octanol–water partition coefficient (Wildman–Crippen LogP) is 3.21. The van der Waals surface area contributed by atoms with E-state index in [0.717, 1.165) is 25.0 Å². The van der Waals surface area contributed by atoms with E-state index in [0.29, 0.717) is 48.5 Å². The zero-order valence-corrected chi connectivity index (χ0v) is 17.2. The van der Waals surface area contributed by atoms with Crippen molar-refractivity contribution < 1.29 is 23.7 Å². The van der Waals surface area contributed by atoms with Crippen molar-refractivity contribution in [2.75, 3.05) is 34.5 Å². The molecule has 1 saturated heterocycles. The van der Waals surface area contributed by atoms with Crippen LogP contribution in [0.3, 0.4) is 0 Å². The molecule has 1 fully saturated rings. The molecule has 1 aromatic carbocycles. The second-order valence-corrected chi connectivity index (χ2v) is 7.28. The molecule has 0 unspecified atom stereocenters. The molecule has 0 saturated carbocycles. The molecule has 27 heavy (non-hydrogen) atoms. The van der Waals surface area contributed by atoms with Gasteiger partial charge in [0.05, 0.1) is 27.4 Å². The van der Waals surface area contributed by atoms with Crippen LogP contribution in [-0.2, 0) is 16.0 Å². The fraction of sp³-hybridized carbons (Fsp3) is 0.667. The molecule has 1 aliphatic rings. The van der Waals surface area contributed by atoms with E-state index in [-0.39, 0.29) is 12.0 Å².